The van der Waals surface area contributed by atoms with Crippen molar-refractivity contribution in [2.75, 3.05) is 25.1 Å². The summed E-state index contributed by atoms with van der Waals surface area (Å²) < 4.78 is 5.57. The number of carbonyl (C=O) groups excluding carboxylic acids is 1. The number of rotatable bonds is 15. The number of ether oxygens (including phenoxy) is 1. The maximum atomic E-state index is 13.2. The summed E-state index contributed by atoms with van der Waals surface area (Å²) >= 11 is 0. The highest BCUT2D eigenvalue weighted by molar-refractivity contribution is 6.15. The van der Waals surface area contributed by atoms with Crippen molar-refractivity contribution in [3.05, 3.63) is 59.2 Å². The third-order valence-corrected chi connectivity index (χ3v) is 5.76. The van der Waals surface area contributed by atoms with Gasteiger partial charge in [0.15, 0.2) is 5.78 Å². The fourth-order valence-electron chi connectivity index (χ4n) is 3.91. The lowest BCUT2D eigenvalue weighted by Crippen LogP contribution is -2.26. The van der Waals surface area contributed by atoms with E-state index in [1.54, 1.807) is 31.4 Å². The Kier molecular flexibility index (Phi) is 10.8. The van der Waals surface area contributed by atoms with Gasteiger partial charge in [-0.2, -0.15) is 0 Å². The Balaban J connectivity index is 2.28. The molecule has 174 valence electrons. The first-order valence-corrected chi connectivity index (χ1v) is 11.8. The van der Waals surface area contributed by atoms with E-state index >= 15 is 0 Å². The van der Waals surface area contributed by atoms with Crippen LogP contribution in [0.4, 0.5) is 5.69 Å². The van der Waals surface area contributed by atoms with Gasteiger partial charge in [0.1, 0.15) is 5.75 Å². The number of aromatic carboxylic acids is 1. The topological polar surface area (TPSA) is 66.8 Å². The first-order chi connectivity index (χ1) is 15.5. The number of methoxy groups -OCH3 is 1. The molecule has 32 heavy (non-hydrogen) atoms. The second-order valence-corrected chi connectivity index (χ2v) is 8.17. The summed E-state index contributed by atoms with van der Waals surface area (Å²) in [5, 5.41) is 9.46. The van der Waals surface area contributed by atoms with Crippen LogP contribution in [-0.4, -0.2) is 37.1 Å². The quantitative estimate of drug-likeness (QED) is 0.250. The van der Waals surface area contributed by atoms with Gasteiger partial charge >= 0.3 is 5.97 Å². The van der Waals surface area contributed by atoms with E-state index in [0.29, 0.717) is 11.3 Å². The van der Waals surface area contributed by atoms with Gasteiger partial charge in [-0.3, -0.25) is 4.79 Å². The van der Waals surface area contributed by atoms with Crippen LogP contribution in [0.5, 0.6) is 5.75 Å². The van der Waals surface area contributed by atoms with Crippen molar-refractivity contribution in [3.8, 4) is 5.75 Å². The molecule has 0 fully saturated rings. The molecule has 0 unspecified atom stereocenters. The van der Waals surface area contributed by atoms with E-state index < -0.39 is 5.97 Å². The minimum absolute atomic E-state index is 0.00268. The molecule has 0 amide bonds. The molecule has 0 aliphatic carbocycles. The molecule has 0 aliphatic heterocycles. The van der Waals surface area contributed by atoms with Crippen LogP contribution in [0.3, 0.4) is 0 Å². The summed E-state index contributed by atoms with van der Waals surface area (Å²) in [6.07, 6.45) is 9.58. The number of hydrogen-bond acceptors (Lipinski definition) is 4. The van der Waals surface area contributed by atoms with Gasteiger partial charge in [0, 0.05) is 30.4 Å². The maximum Gasteiger partial charge on any atom is 0.336 e. The highest BCUT2D eigenvalue weighted by atomic mass is 16.5. The van der Waals surface area contributed by atoms with Crippen molar-refractivity contribution in [2.45, 2.75) is 65.2 Å². The van der Waals surface area contributed by atoms with E-state index in [-0.39, 0.29) is 16.9 Å². The van der Waals surface area contributed by atoms with E-state index in [1.165, 1.54) is 44.6 Å². The average molecular weight is 440 g/mol. The Hall–Kier alpha value is -2.82. The Morgan fingerprint density at radius 1 is 0.812 bits per heavy atom. The molecule has 0 aliphatic rings. The van der Waals surface area contributed by atoms with Crippen molar-refractivity contribution in [1.29, 1.82) is 0 Å². The first kappa shape index (κ1) is 25.4. The SMILES string of the molecule is CCCCCCN(CCCCCC)c1ccc(C(=O)c2ccccc2C(=O)O)c(OC)c1. The predicted octanol–water partition coefficient (Wildman–Crippen LogP) is 6.59. The standard InChI is InChI=1S/C27H37NO4/c1-4-6-8-12-18-28(19-13-9-7-5-2)21-16-17-24(25(20-21)32-3)26(29)22-14-10-11-15-23(22)27(30)31/h10-11,14-17,20H,4-9,12-13,18-19H2,1-3H3,(H,30,31). The van der Waals surface area contributed by atoms with Crippen molar-refractivity contribution in [2.24, 2.45) is 0 Å². The third kappa shape index (κ3) is 7.11. The van der Waals surface area contributed by atoms with E-state index in [4.69, 9.17) is 4.74 Å². The number of hydrogen-bond donors (Lipinski definition) is 1. The van der Waals surface area contributed by atoms with Gasteiger partial charge in [0.05, 0.1) is 18.2 Å². The maximum absolute atomic E-state index is 13.2. The van der Waals surface area contributed by atoms with Crippen LogP contribution in [0.15, 0.2) is 42.5 Å². The first-order valence-electron chi connectivity index (χ1n) is 11.8. The van der Waals surface area contributed by atoms with Crippen LogP contribution in [0.1, 0.15) is 91.5 Å². The number of carboxylic acid groups (broad SMARTS) is 1. The van der Waals surface area contributed by atoms with Gasteiger partial charge in [0.25, 0.3) is 0 Å². The van der Waals surface area contributed by atoms with E-state index in [2.05, 4.69) is 18.7 Å². The largest absolute Gasteiger partial charge is 0.496 e. The summed E-state index contributed by atoms with van der Waals surface area (Å²) in [5.41, 5.74) is 1.58. The van der Waals surface area contributed by atoms with Crippen molar-refractivity contribution >= 4 is 17.4 Å². The molecule has 5 nitrogen and oxygen atoms in total. The number of ketones is 1. The molecule has 0 saturated heterocycles. The fourth-order valence-corrected chi connectivity index (χ4v) is 3.91. The van der Waals surface area contributed by atoms with Crippen molar-refractivity contribution in [1.82, 2.24) is 0 Å². The lowest BCUT2D eigenvalue weighted by Gasteiger charge is -2.26. The number of benzene rings is 2. The molecule has 0 aromatic heterocycles. The molecule has 0 radical (unpaired) electrons. The molecule has 0 bridgehead atoms. The monoisotopic (exact) mass is 439 g/mol. The average Bonchev–Trinajstić information content (AvgIpc) is 2.82. The van der Waals surface area contributed by atoms with Gasteiger partial charge in [-0.1, -0.05) is 70.6 Å². The van der Waals surface area contributed by atoms with Crippen LogP contribution in [0.2, 0.25) is 0 Å². The Labute approximate surface area is 192 Å². The lowest BCUT2D eigenvalue weighted by atomic mass is 9.97. The van der Waals surface area contributed by atoms with Crippen molar-refractivity contribution in [3.63, 3.8) is 0 Å². The molecular weight excluding hydrogens is 402 g/mol. The van der Waals surface area contributed by atoms with E-state index in [0.717, 1.165) is 31.6 Å². The fraction of sp³-hybridized carbons (Fsp3) is 0.481. The van der Waals surface area contributed by atoms with Gasteiger partial charge in [0.2, 0.25) is 0 Å². The van der Waals surface area contributed by atoms with Gasteiger partial charge in [-0.05, 0) is 31.0 Å². The zero-order valence-corrected chi connectivity index (χ0v) is 19.7. The summed E-state index contributed by atoms with van der Waals surface area (Å²) in [6.45, 7) is 6.38. The van der Waals surface area contributed by atoms with Crippen LogP contribution in [0, 0.1) is 0 Å². The summed E-state index contributed by atoms with van der Waals surface area (Å²) in [5.74, 6) is -0.987. The molecule has 5 heteroatoms. The Morgan fingerprint density at radius 3 is 1.94 bits per heavy atom. The van der Waals surface area contributed by atoms with E-state index in [9.17, 15) is 14.7 Å². The van der Waals surface area contributed by atoms with Crippen LogP contribution in [-0.2, 0) is 0 Å². The number of unbranched alkanes of at least 4 members (excludes halogenated alkanes) is 6. The molecule has 2 aromatic carbocycles. The number of carbonyl (C=O) groups is 2. The lowest BCUT2D eigenvalue weighted by molar-refractivity contribution is 0.0692. The molecule has 2 rings (SSSR count). The predicted molar refractivity (Wildman–Crippen MR) is 130 cm³/mol. The molecule has 0 atom stereocenters. The molecule has 1 N–H and O–H groups in total. The smallest absolute Gasteiger partial charge is 0.336 e. The van der Waals surface area contributed by atoms with Crippen LogP contribution >= 0.6 is 0 Å². The minimum Gasteiger partial charge on any atom is -0.496 e. The number of anilines is 1. The second kappa shape index (κ2) is 13.6. The van der Waals surface area contributed by atoms with Crippen LogP contribution < -0.4 is 9.64 Å². The normalized spacial score (nSPS) is 10.7. The Bertz CT molecular complexity index is 866. The number of carboxylic acids is 1. The summed E-state index contributed by atoms with van der Waals surface area (Å²) in [7, 11) is 1.55. The number of nitrogens with zero attached hydrogens (tertiary/aromatic N) is 1. The summed E-state index contributed by atoms with van der Waals surface area (Å²) in [6, 6.07) is 11.9. The highest BCUT2D eigenvalue weighted by Gasteiger charge is 2.21. The molecule has 0 spiro atoms. The van der Waals surface area contributed by atoms with Gasteiger partial charge in [-0.25, -0.2) is 4.79 Å². The van der Waals surface area contributed by atoms with Gasteiger partial charge < -0.3 is 14.7 Å². The highest BCUT2D eigenvalue weighted by Crippen LogP contribution is 2.29. The summed E-state index contributed by atoms with van der Waals surface area (Å²) in [4.78, 5) is 27.1. The van der Waals surface area contributed by atoms with Crippen molar-refractivity contribution < 1.29 is 19.4 Å². The molecule has 0 saturated carbocycles. The zero-order valence-electron chi connectivity index (χ0n) is 19.7. The third-order valence-electron chi connectivity index (χ3n) is 5.76. The van der Waals surface area contributed by atoms with E-state index in [1.807, 2.05) is 12.1 Å². The minimum atomic E-state index is -1.12. The molecule has 2 aromatic rings. The Morgan fingerprint density at radius 2 is 1.41 bits per heavy atom. The zero-order chi connectivity index (χ0) is 23.3. The van der Waals surface area contributed by atoms with Crippen LogP contribution in [0.25, 0.3) is 0 Å². The van der Waals surface area contributed by atoms with Gasteiger partial charge in [-0.15, -0.1) is 0 Å². The molecular formula is C27H37NO4. The molecule has 0 heterocycles. The second-order valence-electron chi connectivity index (χ2n) is 8.17.